The number of rotatable bonds is 6. The summed E-state index contributed by atoms with van der Waals surface area (Å²) in [4.78, 5) is 54.6. The third-order valence-corrected chi connectivity index (χ3v) is 7.07. The van der Waals surface area contributed by atoms with Gasteiger partial charge in [-0.1, -0.05) is 12.1 Å². The zero-order valence-electron chi connectivity index (χ0n) is 22.1. The van der Waals surface area contributed by atoms with Crippen LogP contribution in [0.4, 0.5) is 9.18 Å². The Bertz CT molecular complexity index is 1390. The molecule has 2 aromatic carbocycles. The maximum atomic E-state index is 13.8. The highest BCUT2D eigenvalue weighted by atomic mass is 19.1. The molecule has 4 rings (SSSR count). The average Bonchev–Trinajstić information content (AvgIpc) is 3.20. The lowest BCUT2D eigenvalue weighted by Crippen LogP contribution is -2.39. The summed E-state index contributed by atoms with van der Waals surface area (Å²) in [5, 5.41) is 0.423. The van der Waals surface area contributed by atoms with Crippen LogP contribution < -0.4 is 0 Å². The number of carbonyl (C=O) groups excluding carboxylic acids is 4. The van der Waals surface area contributed by atoms with Gasteiger partial charge in [0.1, 0.15) is 5.82 Å². The van der Waals surface area contributed by atoms with Gasteiger partial charge in [-0.2, -0.15) is 0 Å². The van der Waals surface area contributed by atoms with Gasteiger partial charge in [0, 0.05) is 43.8 Å². The summed E-state index contributed by atoms with van der Waals surface area (Å²) < 4.78 is 19.8. The molecule has 1 fully saturated rings. The topological polar surface area (TPSA) is 88.9 Å². The molecule has 1 saturated heterocycles. The van der Waals surface area contributed by atoms with Gasteiger partial charge in [-0.15, -0.1) is 0 Å². The highest BCUT2D eigenvalue weighted by molar-refractivity contribution is 6.43. The molecule has 2 heterocycles. The maximum absolute atomic E-state index is 13.8. The third-order valence-electron chi connectivity index (χ3n) is 7.07. The molecule has 0 bridgehead atoms. The van der Waals surface area contributed by atoms with Crippen molar-refractivity contribution in [2.45, 2.75) is 33.1 Å². The summed E-state index contributed by atoms with van der Waals surface area (Å²) in [5.74, 6) is -1.50. The molecule has 0 aliphatic carbocycles. The molecular weight excluding hydrogens is 489 g/mol. The van der Waals surface area contributed by atoms with Gasteiger partial charge in [-0.25, -0.2) is 13.8 Å². The van der Waals surface area contributed by atoms with Gasteiger partial charge in [0.2, 0.25) is 5.78 Å². The highest BCUT2D eigenvalue weighted by Gasteiger charge is 2.30. The first-order chi connectivity index (χ1) is 18.1. The predicted molar refractivity (Wildman–Crippen MR) is 141 cm³/mol. The molecule has 9 heteroatoms. The summed E-state index contributed by atoms with van der Waals surface area (Å²) in [6.07, 6.45) is 1.78. The van der Waals surface area contributed by atoms with E-state index in [9.17, 15) is 23.6 Å². The monoisotopic (exact) mass is 521 g/mol. The lowest BCUT2D eigenvalue weighted by atomic mass is 9.90. The first-order valence-electron chi connectivity index (χ1n) is 12.7. The summed E-state index contributed by atoms with van der Waals surface area (Å²) in [5.41, 5.74) is 2.38. The number of benzene rings is 2. The first-order valence-corrected chi connectivity index (χ1v) is 12.7. The molecule has 8 nitrogen and oxygen atoms in total. The SMILES string of the molecule is CCOC(=O)n1c(C)c(C(=O)N2CCC(Cc3ccc(F)cc3)CC2)c2cc(C(=O)C(=O)N(C)C)ccc21. The minimum atomic E-state index is -0.696. The summed E-state index contributed by atoms with van der Waals surface area (Å²) in [6.45, 7) is 4.61. The Hall–Kier alpha value is -4.01. The molecule has 0 spiro atoms. The molecule has 200 valence electrons. The van der Waals surface area contributed by atoms with Gasteiger partial charge < -0.3 is 14.5 Å². The quantitative estimate of drug-likeness (QED) is 0.353. The number of amides is 2. The Morgan fingerprint density at radius 1 is 1.03 bits per heavy atom. The molecule has 38 heavy (non-hydrogen) atoms. The van der Waals surface area contributed by atoms with Gasteiger partial charge in [-0.3, -0.25) is 14.4 Å². The van der Waals surface area contributed by atoms with Crippen molar-refractivity contribution in [3.05, 3.63) is 70.7 Å². The van der Waals surface area contributed by atoms with Crippen molar-refractivity contribution in [2.75, 3.05) is 33.8 Å². The van der Waals surface area contributed by atoms with E-state index in [1.807, 2.05) is 0 Å². The largest absolute Gasteiger partial charge is 0.449 e. The third kappa shape index (κ3) is 5.32. The van der Waals surface area contributed by atoms with Crippen molar-refractivity contribution < 1.29 is 28.3 Å². The molecule has 1 aliphatic rings. The number of hydrogen-bond acceptors (Lipinski definition) is 5. The summed E-state index contributed by atoms with van der Waals surface area (Å²) in [6, 6.07) is 11.1. The van der Waals surface area contributed by atoms with Crippen molar-refractivity contribution in [3.63, 3.8) is 0 Å². The average molecular weight is 522 g/mol. The number of halogens is 1. The number of aromatic nitrogens is 1. The molecule has 2 amide bonds. The van der Waals surface area contributed by atoms with Gasteiger partial charge in [0.05, 0.1) is 17.7 Å². The lowest BCUT2D eigenvalue weighted by Gasteiger charge is -2.32. The zero-order valence-corrected chi connectivity index (χ0v) is 22.1. The number of fused-ring (bicyclic) bond motifs is 1. The molecule has 1 aliphatic heterocycles. The van der Waals surface area contributed by atoms with Crippen molar-refractivity contribution in [1.29, 1.82) is 0 Å². The van der Waals surface area contributed by atoms with Crippen molar-refractivity contribution in [3.8, 4) is 0 Å². The van der Waals surface area contributed by atoms with Crippen LogP contribution >= 0.6 is 0 Å². The molecule has 0 N–H and O–H groups in total. The van der Waals surface area contributed by atoms with Crippen molar-refractivity contribution in [1.82, 2.24) is 14.4 Å². The number of hydrogen-bond donors (Lipinski definition) is 0. The molecule has 3 aromatic rings. The Morgan fingerprint density at radius 2 is 1.68 bits per heavy atom. The number of nitrogens with zero attached hydrogens (tertiary/aromatic N) is 3. The smallest absolute Gasteiger partial charge is 0.418 e. The van der Waals surface area contributed by atoms with E-state index in [4.69, 9.17) is 4.74 Å². The number of likely N-dealkylation sites (tertiary alicyclic amines) is 1. The van der Waals surface area contributed by atoms with Crippen LogP contribution in [0.3, 0.4) is 0 Å². The van der Waals surface area contributed by atoms with E-state index in [1.54, 1.807) is 36.9 Å². The number of piperidine rings is 1. The Kier molecular flexibility index (Phi) is 7.94. The van der Waals surface area contributed by atoms with Crippen LogP contribution in [0.1, 0.15) is 51.7 Å². The molecular formula is C29H32FN3O5. The van der Waals surface area contributed by atoms with Crippen LogP contribution in [-0.4, -0.2) is 71.8 Å². The number of likely N-dealkylation sites (N-methyl/N-ethyl adjacent to an activating group) is 1. The van der Waals surface area contributed by atoms with Gasteiger partial charge in [-0.05, 0) is 74.9 Å². The van der Waals surface area contributed by atoms with Crippen molar-refractivity contribution in [2.24, 2.45) is 5.92 Å². The predicted octanol–water partition coefficient (Wildman–Crippen LogP) is 4.46. The Balaban J connectivity index is 1.64. The molecule has 1 aromatic heterocycles. The summed E-state index contributed by atoms with van der Waals surface area (Å²) >= 11 is 0. The number of ether oxygens (including phenoxy) is 1. The molecule has 0 unspecified atom stereocenters. The lowest BCUT2D eigenvalue weighted by molar-refractivity contribution is -0.124. The van der Waals surface area contributed by atoms with Crippen LogP contribution in [0.2, 0.25) is 0 Å². The number of ketones is 1. The highest BCUT2D eigenvalue weighted by Crippen LogP contribution is 2.31. The second kappa shape index (κ2) is 11.2. The second-order valence-electron chi connectivity index (χ2n) is 9.82. The normalized spacial score (nSPS) is 14.0. The van der Waals surface area contributed by atoms with E-state index in [2.05, 4.69) is 0 Å². The van der Waals surface area contributed by atoms with Crippen LogP contribution in [0.5, 0.6) is 0 Å². The molecule has 0 radical (unpaired) electrons. The van der Waals surface area contributed by atoms with E-state index in [0.29, 0.717) is 41.2 Å². The second-order valence-corrected chi connectivity index (χ2v) is 9.82. The fraction of sp³-hybridized carbons (Fsp3) is 0.379. The van der Waals surface area contributed by atoms with Crippen LogP contribution in [0.25, 0.3) is 10.9 Å². The summed E-state index contributed by atoms with van der Waals surface area (Å²) in [7, 11) is 2.99. The van der Waals surface area contributed by atoms with Gasteiger partial charge in [0.15, 0.2) is 0 Å². The van der Waals surface area contributed by atoms with Crippen molar-refractivity contribution >= 4 is 34.6 Å². The maximum Gasteiger partial charge on any atom is 0.418 e. The zero-order chi connectivity index (χ0) is 27.6. The number of carbonyl (C=O) groups is 4. The number of Topliss-reactive ketones (excluding diaryl/α,β-unsaturated/α-hetero) is 1. The fourth-order valence-corrected chi connectivity index (χ4v) is 5.03. The van der Waals surface area contributed by atoms with Crippen LogP contribution in [-0.2, 0) is 16.0 Å². The van der Waals surface area contributed by atoms with E-state index in [0.717, 1.165) is 24.8 Å². The fourth-order valence-electron chi connectivity index (χ4n) is 5.03. The first kappa shape index (κ1) is 27.0. The van der Waals surface area contributed by atoms with Gasteiger partial charge >= 0.3 is 6.09 Å². The van der Waals surface area contributed by atoms with E-state index < -0.39 is 17.8 Å². The van der Waals surface area contributed by atoms with E-state index in [1.165, 1.54) is 47.8 Å². The minimum Gasteiger partial charge on any atom is -0.449 e. The van der Waals surface area contributed by atoms with Crippen LogP contribution in [0.15, 0.2) is 42.5 Å². The van der Waals surface area contributed by atoms with E-state index >= 15 is 0 Å². The Labute approximate surface area is 221 Å². The van der Waals surface area contributed by atoms with Gasteiger partial charge in [0.25, 0.3) is 11.8 Å². The molecule has 0 saturated carbocycles. The molecule has 0 atom stereocenters. The van der Waals surface area contributed by atoms with E-state index in [-0.39, 0.29) is 23.9 Å². The Morgan fingerprint density at radius 3 is 2.29 bits per heavy atom. The van der Waals surface area contributed by atoms with Crippen LogP contribution in [0, 0.1) is 18.7 Å². The standard InChI is InChI=1S/C29H32FN3O5/c1-5-38-29(37)33-18(2)25(23-17-21(8-11-24(23)33)26(34)28(36)31(3)4)27(35)32-14-12-20(13-15-32)16-19-6-9-22(30)10-7-19/h6-11,17,20H,5,12-16H2,1-4H3. The minimum absolute atomic E-state index is 0.143.